The smallest absolute Gasteiger partial charge is 0.309 e. The van der Waals surface area contributed by atoms with Crippen LogP contribution in [0, 0.1) is 5.92 Å². The molecule has 1 N–H and O–H groups in total. The van der Waals surface area contributed by atoms with Gasteiger partial charge in [0.2, 0.25) is 0 Å². The van der Waals surface area contributed by atoms with Gasteiger partial charge in [0.15, 0.2) is 5.96 Å². The Kier molecular flexibility index (Phi) is 11.7. The lowest BCUT2D eigenvalue weighted by Gasteiger charge is -2.33. The Balaban J connectivity index is 0.00000364. The van der Waals surface area contributed by atoms with Gasteiger partial charge in [0, 0.05) is 24.1 Å². The maximum atomic E-state index is 11.9. The van der Waals surface area contributed by atoms with Gasteiger partial charge in [0.1, 0.15) is 12.4 Å². The second kappa shape index (κ2) is 13.2. The summed E-state index contributed by atoms with van der Waals surface area (Å²) in [5.74, 6) is 1.65. The Morgan fingerprint density at radius 1 is 1.33 bits per heavy atom. The molecule has 1 heterocycles. The van der Waals surface area contributed by atoms with Crippen molar-refractivity contribution in [1.82, 2.24) is 10.2 Å². The lowest BCUT2D eigenvalue weighted by Crippen LogP contribution is -2.46. The quantitative estimate of drug-likeness (QED) is 0.183. The zero-order chi connectivity index (χ0) is 18.8. The van der Waals surface area contributed by atoms with Crippen LogP contribution in [0.1, 0.15) is 26.7 Å². The molecule has 0 aliphatic carbocycles. The first-order chi connectivity index (χ1) is 12.6. The molecule has 0 atom stereocenters. The number of hydrogen-bond acceptors (Lipinski definition) is 4. The van der Waals surface area contributed by atoms with Gasteiger partial charge in [0.05, 0.1) is 19.1 Å². The Bertz CT molecular complexity index is 608. The van der Waals surface area contributed by atoms with Crippen LogP contribution in [0.2, 0.25) is 0 Å². The molecule has 27 heavy (non-hydrogen) atoms. The van der Waals surface area contributed by atoms with E-state index in [1.165, 1.54) is 0 Å². The van der Waals surface area contributed by atoms with E-state index >= 15 is 0 Å². The number of carbonyl (C=O) groups excluding carboxylic acids is 1. The molecule has 1 saturated heterocycles. The van der Waals surface area contributed by atoms with Crippen molar-refractivity contribution >= 4 is 51.8 Å². The Hall–Kier alpha value is -1.03. The molecular formula is C19H29BrIN3O3. The summed E-state index contributed by atoms with van der Waals surface area (Å²) < 4.78 is 11.9. The molecule has 0 bridgehead atoms. The van der Waals surface area contributed by atoms with Gasteiger partial charge in [-0.3, -0.25) is 4.79 Å². The van der Waals surface area contributed by atoms with E-state index in [9.17, 15) is 4.79 Å². The molecule has 0 amide bonds. The highest BCUT2D eigenvalue weighted by Crippen LogP contribution is 2.19. The second-order valence-corrected chi connectivity index (χ2v) is 6.97. The van der Waals surface area contributed by atoms with E-state index in [1.54, 1.807) is 0 Å². The number of carbonyl (C=O) groups is 1. The highest BCUT2D eigenvalue weighted by atomic mass is 127. The fraction of sp³-hybridized carbons (Fsp3) is 0.579. The van der Waals surface area contributed by atoms with Crippen LogP contribution in [0.5, 0.6) is 5.75 Å². The number of nitrogens with zero attached hydrogens (tertiary/aromatic N) is 2. The number of ether oxygens (including phenoxy) is 2. The molecule has 2 rings (SSSR count). The van der Waals surface area contributed by atoms with Crippen molar-refractivity contribution < 1.29 is 14.3 Å². The summed E-state index contributed by atoms with van der Waals surface area (Å²) in [4.78, 5) is 18.7. The summed E-state index contributed by atoms with van der Waals surface area (Å²) in [6.07, 6.45) is 1.61. The third kappa shape index (κ3) is 8.25. The largest absolute Gasteiger partial charge is 0.492 e. The number of esters is 1. The molecule has 0 aromatic heterocycles. The number of piperidine rings is 1. The van der Waals surface area contributed by atoms with E-state index in [2.05, 4.69) is 38.1 Å². The first-order valence-corrected chi connectivity index (χ1v) is 10.0. The van der Waals surface area contributed by atoms with Crippen LogP contribution in [0.3, 0.4) is 0 Å². The number of hydrogen-bond donors (Lipinski definition) is 1. The molecule has 1 fully saturated rings. The van der Waals surface area contributed by atoms with E-state index in [1.807, 2.05) is 31.2 Å². The molecular weight excluding hydrogens is 525 g/mol. The van der Waals surface area contributed by atoms with Crippen LogP contribution in [0.25, 0.3) is 0 Å². The Morgan fingerprint density at radius 3 is 2.70 bits per heavy atom. The first kappa shape index (κ1) is 24.0. The number of guanidine groups is 1. The van der Waals surface area contributed by atoms with Crippen LogP contribution in [-0.4, -0.2) is 56.2 Å². The minimum absolute atomic E-state index is 0. The summed E-state index contributed by atoms with van der Waals surface area (Å²) in [5.41, 5.74) is 0. The van der Waals surface area contributed by atoms with E-state index in [-0.39, 0.29) is 35.9 Å². The van der Waals surface area contributed by atoms with Crippen molar-refractivity contribution in [3.05, 3.63) is 28.7 Å². The van der Waals surface area contributed by atoms with Crippen molar-refractivity contribution in [2.24, 2.45) is 10.9 Å². The average Bonchev–Trinajstić information content (AvgIpc) is 2.65. The third-order valence-electron chi connectivity index (χ3n) is 4.17. The normalized spacial score (nSPS) is 15.1. The van der Waals surface area contributed by atoms with Crippen LogP contribution >= 0.6 is 39.9 Å². The molecule has 1 aromatic carbocycles. The molecule has 8 heteroatoms. The van der Waals surface area contributed by atoms with Gasteiger partial charge in [-0.15, -0.1) is 24.0 Å². The number of aliphatic imine (C=N–C) groups is 1. The van der Waals surface area contributed by atoms with Gasteiger partial charge in [-0.25, -0.2) is 4.99 Å². The van der Waals surface area contributed by atoms with Crippen molar-refractivity contribution in [3.63, 3.8) is 0 Å². The standard InChI is InChI=1S/C19H28BrN3O3.HI/c1-3-21-19(22-10-13-26-17-7-5-6-16(20)14-17)23-11-8-15(9-12-23)18(24)25-4-2;/h5-7,14-15H,3-4,8-13H2,1-2H3,(H,21,22);1H. The lowest BCUT2D eigenvalue weighted by molar-refractivity contribution is -0.149. The van der Waals surface area contributed by atoms with E-state index in [0.29, 0.717) is 19.8 Å². The highest BCUT2D eigenvalue weighted by molar-refractivity contribution is 14.0. The fourth-order valence-corrected chi connectivity index (χ4v) is 3.26. The van der Waals surface area contributed by atoms with Crippen LogP contribution in [0.15, 0.2) is 33.7 Å². The highest BCUT2D eigenvalue weighted by Gasteiger charge is 2.27. The van der Waals surface area contributed by atoms with E-state index < -0.39 is 0 Å². The van der Waals surface area contributed by atoms with Crippen LogP contribution in [-0.2, 0) is 9.53 Å². The predicted molar refractivity (Wildman–Crippen MR) is 122 cm³/mol. The number of likely N-dealkylation sites (tertiary alicyclic amines) is 1. The molecule has 1 aromatic rings. The van der Waals surface area contributed by atoms with Gasteiger partial charge in [-0.05, 0) is 44.9 Å². The Morgan fingerprint density at radius 2 is 2.07 bits per heavy atom. The zero-order valence-electron chi connectivity index (χ0n) is 15.9. The molecule has 0 radical (unpaired) electrons. The molecule has 152 valence electrons. The predicted octanol–water partition coefficient (Wildman–Crippen LogP) is 3.69. The molecule has 1 aliphatic rings. The number of halogens is 2. The molecule has 6 nitrogen and oxygen atoms in total. The van der Waals surface area contributed by atoms with E-state index in [0.717, 1.165) is 48.7 Å². The fourth-order valence-electron chi connectivity index (χ4n) is 2.88. The minimum Gasteiger partial charge on any atom is -0.492 e. The van der Waals surface area contributed by atoms with Crippen LogP contribution in [0.4, 0.5) is 0 Å². The SMILES string of the molecule is CCNC(=NCCOc1cccc(Br)c1)N1CCC(C(=O)OCC)CC1.I. The van der Waals surface area contributed by atoms with Gasteiger partial charge >= 0.3 is 5.97 Å². The molecule has 0 spiro atoms. The van der Waals surface area contributed by atoms with Crippen LogP contribution < -0.4 is 10.1 Å². The summed E-state index contributed by atoms with van der Waals surface area (Å²) in [6.45, 7) is 7.86. The van der Waals surface area contributed by atoms with Gasteiger partial charge in [-0.1, -0.05) is 22.0 Å². The summed E-state index contributed by atoms with van der Waals surface area (Å²) >= 11 is 3.43. The average molecular weight is 554 g/mol. The van der Waals surface area contributed by atoms with Crippen molar-refractivity contribution in [3.8, 4) is 5.75 Å². The van der Waals surface area contributed by atoms with Crippen molar-refractivity contribution in [1.29, 1.82) is 0 Å². The molecule has 0 saturated carbocycles. The van der Waals surface area contributed by atoms with Crippen molar-refractivity contribution in [2.75, 3.05) is 39.4 Å². The summed E-state index contributed by atoms with van der Waals surface area (Å²) in [5, 5.41) is 3.33. The number of benzene rings is 1. The maximum absolute atomic E-state index is 11.9. The topological polar surface area (TPSA) is 63.2 Å². The zero-order valence-corrected chi connectivity index (χ0v) is 19.9. The van der Waals surface area contributed by atoms with Gasteiger partial charge in [0.25, 0.3) is 0 Å². The molecule has 0 unspecified atom stereocenters. The number of nitrogens with one attached hydrogen (secondary N) is 1. The Labute approximate surface area is 187 Å². The summed E-state index contributed by atoms with van der Waals surface area (Å²) in [6, 6.07) is 7.78. The van der Waals surface area contributed by atoms with Gasteiger partial charge in [-0.2, -0.15) is 0 Å². The number of rotatable bonds is 7. The second-order valence-electron chi connectivity index (χ2n) is 6.05. The molecule has 1 aliphatic heterocycles. The van der Waals surface area contributed by atoms with Crippen molar-refractivity contribution in [2.45, 2.75) is 26.7 Å². The first-order valence-electron chi connectivity index (χ1n) is 9.22. The lowest BCUT2D eigenvalue weighted by atomic mass is 9.97. The summed E-state index contributed by atoms with van der Waals surface area (Å²) in [7, 11) is 0. The maximum Gasteiger partial charge on any atom is 0.309 e. The van der Waals surface area contributed by atoms with Gasteiger partial charge < -0.3 is 19.7 Å². The van der Waals surface area contributed by atoms with E-state index in [4.69, 9.17) is 9.47 Å². The third-order valence-corrected chi connectivity index (χ3v) is 4.66. The minimum atomic E-state index is -0.0727. The monoisotopic (exact) mass is 553 g/mol.